The van der Waals surface area contributed by atoms with Gasteiger partial charge in [-0.2, -0.15) is 0 Å². The topological polar surface area (TPSA) is 37.3 Å². The van der Waals surface area contributed by atoms with E-state index in [0.717, 1.165) is 32.1 Å². The Hall–Kier alpha value is -2.08. The zero-order chi connectivity index (χ0) is 14.8. The van der Waals surface area contributed by atoms with Gasteiger partial charge in [0.2, 0.25) is 0 Å². The third kappa shape index (κ3) is 6.19. The molecule has 1 rings (SSSR count). The highest BCUT2D eigenvalue weighted by molar-refractivity contribution is 5.66. The first-order valence-corrected chi connectivity index (χ1v) is 6.76. The second-order valence-corrected chi connectivity index (χ2v) is 4.55. The van der Waals surface area contributed by atoms with Crippen LogP contribution in [0.25, 0.3) is 6.08 Å². The van der Waals surface area contributed by atoms with Gasteiger partial charge < -0.3 is 5.11 Å². The predicted molar refractivity (Wildman–Crippen MR) is 78.7 cm³/mol. The minimum atomic E-state index is -0.741. The molecule has 0 amide bonds. The van der Waals surface area contributed by atoms with Gasteiger partial charge in [0, 0.05) is 24.0 Å². The highest BCUT2D eigenvalue weighted by atomic mass is 19.1. The van der Waals surface area contributed by atoms with Crippen molar-refractivity contribution in [2.75, 3.05) is 0 Å². The van der Waals surface area contributed by atoms with Crippen LogP contribution in [0.4, 0.5) is 4.39 Å². The minimum absolute atomic E-state index is 0.237. The smallest absolute Gasteiger partial charge is 0.303 e. The summed E-state index contributed by atoms with van der Waals surface area (Å²) in [4.78, 5) is 10.3. The number of benzene rings is 1. The number of halogens is 1. The van der Waals surface area contributed by atoms with Crippen molar-refractivity contribution in [3.63, 3.8) is 0 Å². The standard InChI is InChI=1S/C17H19FO2/c1-2-15-12-11-14(13-16(15)18)9-7-5-3-4-6-8-10-17(19)20/h2,11-13H,1,3-6,8,10H2,(H,19,20). The van der Waals surface area contributed by atoms with E-state index in [1.165, 1.54) is 12.1 Å². The SMILES string of the molecule is C=Cc1ccc(C#CCCCCCCC(=O)O)cc1F. The van der Waals surface area contributed by atoms with Crippen LogP contribution in [0, 0.1) is 17.7 Å². The lowest BCUT2D eigenvalue weighted by molar-refractivity contribution is -0.137. The Morgan fingerprint density at radius 1 is 1.30 bits per heavy atom. The Kier molecular flexibility index (Phi) is 7.13. The molecule has 0 bridgehead atoms. The van der Waals surface area contributed by atoms with Crippen LogP contribution in [0.1, 0.15) is 49.7 Å². The molecule has 0 radical (unpaired) electrons. The van der Waals surface area contributed by atoms with E-state index in [1.807, 2.05) is 0 Å². The Morgan fingerprint density at radius 3 is 2.70 bits per heavy atom. The summed E-state index contributed by atoms with van der Waals surface area (Å²) in [6.07, 6.45) is 6.02. The van der Waals surface area contributed by atoms with Gasteiger partial charge in [0.05, 0.1) is 0 Å². The molecule has 3 heteroatoms. The van der Waals surface area contributed by atoms with E-state index in [4.69, 9.17) is 5.11 Å². The van der Waals surface area contributed by atoms with Crippen molar-refractivity contribution in [3.8, 4) is 11.8 Å². The molecule has 0 atom stereocenters. The fraction of sp³-hybridized carbons (Fsp3) is 0.353. The van der Waals surface area contributed by atoms with E-state index < -0.39 is 5.97 Å². The monoisotopic (exact) mass is 274 g/mol. The maximum absolute atomic E-state index is 13.4. The van der Waals surface area contributed by atoms with Crippen LogP contribution in [0.3, 0.4) is 0 Å². The van der Waals surface area contributed by atoms with Crippen LogP contribution in [0.15, 0.2) is 24.8 Å². The molecule has 0 aliphatic heterocycles. The van der Waals surface area contributed by atoms with Crippen molar-refractivity contribution in [3.05, 3.63) is 41.7 Å². The van der Waals surface area contributed by atoms with Crippen LogP contribution < -0.4 is 0 Å². The first-order chi connectivity index (χ1) is 9.63. The number of aliphatic carboxylic acids is 1. The normalized spacial score (nSPS) is 9.65. The molecule has 0 aromatic heterocycles. The molecule has 0 saturated carbocycles. The molecular formula is C17H19FO2. The summed E-state index contributed by atoms with van der Waals surface area (Å²) < 4.78 is 13.4. The van der Waals surface area contributed by atoms with E-state index >= 15 is 0 Å². The van der Waals surface area contributed by atoms with Gasteiger partial charge in [0.15, 0.2) is 0 Å². The van der Waals surface area contributed by atoms with Crippen LogP contribution in [0.2, 0.25) is 0 Å². The summed E-state index contributed by atoms with van der Waals surface area (Å²) in [6, 6.07) is 4.86. The molecule has 0 fully saturated rings. The lowest BCUT2D eigenvalue weighted by atomic mass is 10.1. The minimum Gasteiger partial charge on any atom is -0.481 e. The van der Waals surface area contributed by atoms with Gasteiger partial charge in [-0.05, 0) is 25.0 Å². The number of rotatable bonds is 7. The van der Waals surface area contributed by atoms with Crippen molar-refractivity contribution in [2.24, 2.45) is 0 Å². The van der Waals surface area contributed by atoms with Gasteiger partial charge >= 0.3 is 5.97 Å². The molecule has 0 aliphatic carbocycles. The van der Waals surface area contributed by atoms with Gasteiger partial charge in [-0.15, -0.1) is 0 Å². The molecule has 1 aromatic carbocycles. The van der Waals surface area contributed by atoms with Gasteiger partial charge in [-0.3, -0.25) is 4.79 Å². The van der Waals surface area contributed by atoms with Crippen LogP contribution in [0.5, 0.6) is 0 Å². The molecule has 0 unspecified atom stereocenters. The lowest BCUT2D eigenvalue weighted by Crippen LogP contribution is -1.93. The fourth-order valence-electron chi connectivity index (χ4n) is 1.78. The van der Waals surface area contributed by atoms with Crippen LogP contribution >= 0.6 is 0 Å². The van der Waals surface area contributed by atoms with Crippen LogP contribution in [-0.4, -0.2) is 11.1 Å². The molecule has 1 N–H and O–H groups in total. The first kappa shape index (κ1) is 16.0. The molecule has 0 saturated heterocycles. The summed E-state index contributed by atoms with van der Waals surface area (Å²) in [5, 5.41) is 8.48. The van der Waals surface area contributed by atoms with E-state index in [-0.39, 0.29) is 12.2 Å². The van der Waals surface area contributed by atoms with Crippen molar-refractivity contribution in [2.45, 2.75) is 38.5 Å². The maximum Gasteiger partial charge on any atom is 0.303 e. The van der Waals surface area contributed by atoms with Gasteiger partial charge in [-0.1, -0.05) is 43.4 Å². The Balaban J connectivity index is 2.27. The Labute approximate surface area is 119 Å². The fourth-order valence-corrected chi connectivity index (χ4v) is 1.78. The molecule has 106 valence electrons. The summed E-state index contributed by atoms with van der Waals surface area (Å²) in [6.45, 7) is 3.53. The van der Waals surface area contributed by atoms with Crippen LogP contribution in [-0.2, 0) is 4.79 Å². The Morgan fingerprint density at radius 2 is 2.05 bits per heavy atom. The predicted octanol–water partition coefficient (Wildman–Crippen LogP) is 4.25. The molecule has 20 heavy (non-hydrogen) atoms. The average molecular weight is 274 g/mol. The number of hydrogen-bond donors (Lipinski definition) is 1. The summed E-state index contributed by atoms with van der Waals surface area (Å²) in [5.74, 6) is 4.89. The number of hydrogen-bond acceptors (Lipinski definition) is 1. The zero-order valence-corrected chi connectivity index (χ0v) is 11.5. The Bertz CT molecular complexity index is 524. The first-order valence-electron chi connectivity index (χ1n) is 6.76. The maximum atomic E-state index is 13.4. The largest absolute Gasteiger partial charge is 0.481 e. The van der Waals surface area contributed by atoms with Crippen molar-refractivity contribution < 1.29 is 14.3 Å². The molecule has 1 aromatic rings. The van der Waals surface area contributed by atoms with E-state index in [1.54, 1.807) is 12.1 Å². The summed E-state index contributed by atoms with van der Waals surface area (Å²) in [7, 11) is 0. The highest BCUT2D eigenvalue weighted by Crippen LogP contribution is 2.11. The average Bonchev–Trinajstić information content (AvgIpc) is 2.41. The van der Waals surface area contributed by atoms with Gasteiger partial charge in [0.1, 0.15) is 5.82 Å². The third-order valence-corrected chi connectivity index (χ3v) is 2.90. The second kappa shape index (κ2) is 8.92. The number of unbranched alkanes of at least 4 members (excludes halogenated alkanes) is 4. The van der Waals surface area contributed by atoms with E-state index in [9.17, 15) is 9.18 Å². The van der Waals surface area contributed by atoms with E-state index in [2.05, 4.69) is 18.4 Å². The number of carboxylic acids is 1. The molecule has 0 heterocycles. The summed E-state index contributed by atoms with van der Waals surface area (Å²) in [5.41, 5.74) is 1.15. The summed E-state index contributed by atoms with van der Waals surface area (Å²) >= 11 is 0. The van der Waals surface area contributed by atoms with E-state index in [0.29, 0.717) is 11.1 Å². The van der Waals surface area contributed by atoms with Gasteiger partial charge in [0.25, 0.3) is 0 Å². The van der Waals surface area contributed by atoms with Crippen molar-refractivity contribution >= 4 is 12.0 Å². The third-order valence-electron chi connectivity index (χ3n) is 2.90. The van der Waals surface area contributed by atoms with Gasteiger partial charge in [-0.25, -0.2) is 4.39 Å². The molecule has 2 nitrogen and oxygen atoms in total. The van der Waals surface area contributed by atoms with Crippen molar-refractivity contribution in [1.82, 2.24) is 0 Å². The second-order valence-electron chi connectivity index (χ2n) is 4.55. The molecular weight excluding hydrogens is 255 g/mol. The molecule has 0 spiro atoms. The van der Waals surface area contributed by atoms with Crippen molar-refractivity contribution in [1.29, 1.82) is 0 Å². The zero-order valence-electron chi connectivity index (χ0n) is 11.5. The number of carbonyl (C=O) groups is 1. The number of carboxylic acid groups (broad SMARTS) is 1. The molecule has 0 aliphatic rings. The quantitative estimate of drug-likeness (QED) is 0.596. The lowest BCUT2D eigenvalue weighted by Gasteiger charge is -1.97. The highest BCUT2D eigenvalue weighted by Gasteiger charge is 1.98.